The van der Waals surface area contributed by atoms with E-state index in [1.54, 1.807) is 29.2 Å². The minimum absolute atomic E-state index is 0.236. The van der Waals surface area contributed by atoms with Crippen LogP contribution in [0.4, 0.5) is 0 Å². The summed E-state index contributed by atoms with van der Waals surface area (Å²) in [7, 11) is 0. The molecule has 1 amide bonds. The van der Waals surface area contributed by atoms with E-state index in [1.807, 2.05) is 55.5 Å². The number of fused-ring (bicyclic) bond motifs is 2. The smallest absolute Gasteiger partial charge is 0.336 e. The Labute approximate surface area is 182 Å². The lowest BCUT2D eigenvalue weighted by atomic mass is 10.1. The SMILES string of the molecule is Cc1cc(=O)oc2cc(OCc3ccc(C(=O)Nn4cnc5ccccc54)cc3)ccc12. The molecule has 0 fully saturated rings. The third-order valence-corrected chi connectivity index (χ3v) is 5.22. The van der Waals surface area contributed by atoms with Crippen molar-refractivity contribution in [2.24, 2.45) is 0 Å². The molecular formula is C25H19N3O4. The van der Waals surface area contributed by atoms with Crippen molar-refractivity contribution in [2.75, 3.05) is 5.43 Å². The molecule has 0 unspecified atom stereocenters. The van der Waals surface area contributed by atoms with Gasteiger partial charge in [-0.15, -0.1) is 0 Å². The van der Waals surface area contributed by atoms with Gasteiger partial charge < -0.3 is 9.15 Å². The van der Waals surface area contributed by atoms with Crippen molar-refractivity contribution in [3.05, 3.63) is 106 Å². The Hall–Kier alpha value is -4.39. The summed E-state index contributed by atoms with van der Waals surface area (Å²) in [5, 5.41) is 0.873. The van der Waals surface area contributed by atoms with Crippen molar-refractivity contribution in [2.45, 2.75) is 13.5 Å². The van der Waals surface area contributed by atoms with Crippen LogP contribution in [0.25, 0.3) is 22.0 Å². The standard InChI is InChI=1S/C25H19N3O4/c1-16-12-24(29)32-23-13-19(10-11-20(16)23)31-14-17-6-8-18(9-7-17)25(30)27-28-15-26-21-4-2-3-5-22(21)28/h2-13,15H,14H2,1H3,(H,27,30). The number of carbonyl (C=O) groups excluding carboxylic acids is 1. The highest BCUT2D eigenvalue weighted by atomic mass is 16.5. The number of carbonyl (C=O) groups is 1. The first-order valence-electron chi connectivity index (χ1n) is 10.1. The Morgan fingerprint density at radius 1 is 1.06 bits per heavy atom. The van der Waals surface area contributed by atoms with Crippen molar-refractivity contribution in [3.8, 4) is 5.75 Å². The minimum Gasteiger partial charge on any atom is -0.489 e. The van der Waals surface area contributed by atoms with Gasteiger partial charge in [-0.3, -0.25) is 10.2 Å². The molecule has 1 N–H and O–H groups in total. The molecule has 2 aromatic heterocycles. The number of imidazole rings is 1. The molecule has 2 heterocycles. The first kappa shape index (κ1) is 19.6. The summed E-state index contributed by atoms with van der Waals surface area (Å²) in [6, 6.07) is 21.6. The predicted molar refractivity (Wildman–Crippen MR) is 121 cm³/mol. The summed E-state index contributed by atoms with van der Waals surface area (Å²) < 4.78 is 12.7. The van der Waals surface area contributed by atoms with Crippen LogP contribution < -0.4 is 15.8 Å². The maximum atomic E-state index is 12.6. The number of benzene rings is 3. The Morgan fingerprint density at radius 2 is 1.88 bits per heavy atom. The highest BCUT2D eigenvalue weighted by molar-refractivity contribution is 6.00. The van der Waals surface area contributed by atoms with Crippen molar-refractivity contribution in [1.82, 2.24) is 9.66 Å². The number of para-hydroxylation sites is 2. The second-order valence-corrected chi connectivity index (χ2v) is 7.44. The van der Waals surface area contributed by atoms with Gasteiger partial charge in [0.2, 0.25) is 0 Å². The van der Waals surface area contributed by atoms with Crippen LogP contribution in [0.15, 0.2) is 88.3 Å². The molecule has 0 saturated carbocycles. The van der Waals surface area contributed by atoms with Crippen LogP contribution in [0.3, 0.4) is 0 Å². The molecule has 0 aliphatic carbocycles. The normalized spacial score (nSPS) is 11.0. The first-order valence-corrected chi connectivity index (χ1v) is 10.1. The van der Waals surface area contributed by atoms with Crippen molar-refractivity contribution in [3.63, 3.8) is 0 Å². The molecule has 0 aliphatic rings. The van der Waals surface area contributed by atoms with Gasteiger partial charge in [-0.25, -0.2) is 14.5 Å². The molecule has 7 nitrogen and oxygen atoms in total. The minimum atomic E-state index is -0.385. The lowest BCUT2D eigenvalue weighted by molar-refractivity contribution is 0.101. The number of hydrogen-bond donors (Lipinski definition) is 1. The van der Waals surface area contributed by atoms with E-state index in [-0.39, 0.29) is 11.5 Å². The molecule has 158 valence electrons. The average Bonchev–Trinajstić information content (AvgIpc) is 3.20. The van der Waals surface area contributed by atoms with Gasteiger partial charge in [0, 0.05) is 23.1 Å². The van der Waals surface area contributed by atoms with E-state index in [9.17, 15) is 9.59 Å². The summed E-state index contributed by atoms with van der Waals surface area (Å²) >= 11 is 0. The zero-order valence-electron chi connectivity index (χ0n) is 17.2. The highest BCUT2D eigenvalue weighted by Crippen LogP contribution is 2.23. The summed E-state index contributed by atoms with van der Waals surface area (Å²) in [6.45, 7) is 2.18. The lowest BCUT2D eigenvalue weighted by Crippen LogP contribution is -2.22. The topological polar surface area (TPSA) is 86.4 Å². The van der Waals surface area contributed by atoms with E-state index in [0.29, 0.717) is 23.5 Å². The molecule has 0 saturated heterocycles. The zero-order valence-corrected chi connectivity index (χ0v) is 17.2. The van der Waals surface area contributed by atoms with Gasteiger partial charge in [0.1, 0.15) is 24.3 Å². The quantitative estimate of drug-likeness (QED) is 0.422. The van der Waals surface area contributed by atoms with Gasteiger partial charge in [0.15, 0.2) is 0 Å². The second-order valence-electron chi connectivity index (χ2n) is 7.44. The van der Waals surface area contributed by atoms with E-state index in [0.717, 1.165) is 27.5 Å². The fourth-order valence-electron chi connectivity index (χ4n) is 3.54. The number of aromatic nitrogens is 2. The number of amides is 1. The van der Waals surface area contributed by atoms with Crippen LogP contribution >= 0.6 is 0 Å². The number of nitrogens with one attached hydrogen (secondary N) is 1. The van der Waals surface area contributed by atoms with E-state index in [1.165, 1.54) is 6.07 Å². The van der Waals surface area contributed by atoms with E-state index < -0.39 is 0 Å². The molecule has 3 aromatic carbocycles. The summed E-state index contributed by atoms with van der Waals surface area (Å²) in [6.07, 6.45) is 1.58. The highest BCUT2D eigenvalue weighted by Gasteiger charge is 2.09. The Bertz CT molecular complexity index is 1500. The number of ether oxygens (including phenoxy) is 1. The maximum Gasteiger partial charge on any atom is 0.336 e. The molecule has 5 aromatic rings. The van der Waals surface area contributed by atoms with Crippen LogP contribution in [0.5, 0.6) is 5.75 Å². The number of nitrogens with zero attached hydrogens (tertiary/aromatic N) is 2. The molecule has 5 rings (SSSR count). The van der Waals surface area contributed by atoms with Gasteiger partial charge in [-0.2, -0.15) is 0 Å². The molecule has 0 aliphatic heterocycles. The Kier molecular flexibility index (Phi) is 4.91. The zero-order chi connectivity index (χ0) is 22.1. The van der Waals surface area contributed by atoms with E-state index in [2.05, 4.69) is 10.4 Å². The van der Waals surface area contributed by atoms with E-state index in [4.69, 9.17) is 9.15 Å². The van der Waals surface area contributed by atoms with Crippen LogP contribution in [0.1, 0.15) is 21.5 Å². The fourth-order valence-corrected chi connectivity index (χ4v) is 3.54. The van der Waals surface area contributed by atoms with Crippen LogP contribution in [-0.2, 0) is 6.61 Å². The van der Waals surface area contributed by atoms with Crippen molar-refractivity contribution in [1.29, 1.82) is 0 Å². The summed E-state index contributed by atoms with van der Waals surface area (Å²) in [5.74, 6) is 0.362. The molecule has 7 heteroatoms. The Balaban J connectivity index is 1.26. The Morgan fingerprint density at radius 3 is 2.72 bits per heavy atom. The van der Waals surface area contributed by atoms with Crippen LogP contribution in [0, 0.1) is 6.92 Å². The third kappa shape index (κ3) is 3.83. The third-order valence-electron chi connectivity index (χ3n) is 5.22. The lowest BCUT2D eigenvalue weighted by Gasteiger charge is -2.09. The predicted octanol–water partition coefficient (Wildman–Crippen LogP) is 4.41. The summed E-state index contributed by atoms with van der Waals surface area (Å²) in [4.78, 5) is 28.5. The van der Waals surface area contributed by atoms with Crippen LogP contribution in [0.2, 0.25) is 0 Å². The van der Waals surface area contributed by atoms with Crippen LogP contribution in [-0.4, -0.2) is 15.6 Å². The monoisotopic (exact) mass is 425 g/mol. The average molecular weight is 425 g/mol. The first-order chi connectivity index (χ1) is 15.6. The molecule has 0 atom stereocenters. The van der Waals surface area contributed by atoms with Crippen molar-refractivity contribution < 1.29 is 13.9 Å². The summed E-state index contributed by atoms with van der Waals surface area (Å²) in [5.41, 5.74) is 6.86. The van der Waals surface area contributed by atoms with Gasteiger partial charge in [-0.1, -0.05) is 24.3 Å². The molecule has 0 spiro atoms. The number of hydrogen-bond acceptors (Lipinski definition) is 5. The van der Waals surface area contributed by atoms with E-state index >= 15 is 0 Å². The maximum absolute atomic E-state index is 12.6. The largest absolute Gasteiger partial charge is 0.489 e. The molecular weight excluding hydrogens is 406 g/mol. The van der Waals surface area contributed by atoms with Gasteiger partial charge in [-0.05, 0) is 54.4 Å². The van der Waals surface area contributed by atoms with Gasteiger partial charge in [0.25, 0.3) is 5.91 Å². The van der Waals surface area contributed by atoms with Gasteiger partial charge >= 0.3 is 5.63 Å². The van der Waals surface area contributed by atoms with Crippen molar-refractivity contribution >= 4 is 27.9 Å². The fraction of sp³-hybridized carbons (Fsp3) is 0.0800. The molecule has 32 heavy (non-hydrogen) atoms. The molecule has 0 radical (unpaired) electrons. The van der Waals surface area contributed by atoms with Gasteiger partial charge in [0.05, 0.1) is 11.0 Å². The molecule has 0 bridgehead atoms. The second kappa shape index (κ2) is 8.03. The number of aryl methyl sites for hydroxylation is 1. The number of rotatable bonds is 5.